The molecule has 332 valence electrons. The molecule has 11 aromatic rings. The Morgan fingerprint density at radius 2 is 0.851 bits per heavy atom. The summed E-state index contributed by atoms with van der Waals surface area (Å²) < 4.78 is 14.0. The standard InChI is InChI=1S/C63H58N2O2/c1-38(2)59-60-49-34-42-28-30-46(65(53-24-16-12-20-40(53)4)55-26-18-14-22-51(55)63(8,9)10)32-44(42)36-57(49)66-58(60)37-48-47-33-41-27-29-45(31-43(41)35-56(47)67-61(48)59)64(52-23-15-11-19-39(52)3)54-25-17-13-21-50(54)62(5,6)7/h11-38H,1-10H3. The first-order valence-corrected chi connectivity index (χ1v) is 23.8. The van der Waals surface area contributed by atoms with Crippen molar-refractivity contribution in [3.05, 3.63) is 192 Å². The van der Waals surface area contributed by atoms with E-state index < -0.39 is 0 Å². The number of fused-ring (bicyclic) bond motifs is 8. The van der Waals surface area contributed by atoms with Gasteiger partial charge in [-0.1, -0.05) is 140 Å². The first-order valence-electron chi connectivity index (χ1n) is 23.8. The Bertz CT molecular complexity index is 3610. The van der Waals surface area contributed by atoms with Gasteiger partial charge in [0, 0.05) is 61.2 Å². The molecule has 0 aliphatic heterocycles. The van der Waals surface area contributed by atoms with Crippen molar-refractivity contribution in [1.29, 1.82) is 0 Å². The van der Waals surface area contributed by atoms with Gasteiger partial charge in [-0.05, 0) is 153 Å². The van der Waals surface area contributed by atoms with Crippen molar-refractivity contribution in [3.8, 4) is 0 Å². The Hall–Kier alpha value is -7.30. The van der Waals surface area contributed by atoms with Gasteiger partial charge in [0.15, 0.2) is 0 Å². The predicted octanol–water partition coefficient (Wildman–Crippen LogP) is 19.1. The fraction of sp³-hybridized carbons (Fsp3) is 0.206. The fourth-order valence-electron chi connectivity index (χ4n) is 10.5. The summed E-state index contributed by atoms with van der Waals surface area (Å²) in [6.07, 6.45) is 0. The van der Waals surface area contributed by atoms with Crippen LogP contribution in [0.2, 0.25) is 0 Å². The third-order valence-electron chi connectivity index (χ3n) is 13.8. The number of para-hydroxylation sites is 4. The molecule has 0 radical (unpaired) electrons. The number of anilines is 6. The molecule has 0 bridgehead atoms. The maximum Gasteiger partial charge on any atom is 0.139 e. The van der Waals surface area contributed by atoms with Crippen LogP contribution in [0.25, 0.3) is 65.4 Å². The van der Waals surface area contributed by atoms with Gasteiger partial charge in [0.1, 0.15) is 22.3 Å². The Balaban J connectivity index is 1.06. The molecule has 0 amide bonds. The second-order valence-electron chi connectivity index (χ2n) is 20.9. The number of furan rings is 2. The zero-order valence-electron chi connectivity index (χ0n) is 40.4. The molecular formula is C63H58N2O2. The van der Waals surface area contributed by atoms with E-state index in [1.165, 1.54) is 56.0 Å². The summed E-state index contributed by atoms with van der Waals surface area (Å²) in [7, 11) is 0. The summed E-state index contributed by atoms with van der Waals surface area (Å²) in [5.74, 6) is 0.183. The van der Waals surface area contributed by atoms with Crippen molar-refractivity contribution in [3.63, 3.8) is 0 Å². The van der Waals surface area contributed by atoms with E-state index in [2.05, 4.69) is 243 Å². The Morgan fingerprint density at radius 3 is 1.33 bits per heavy atom. The van der Waals surface area contributed by atoms with Crippen molar-refractivity contribution in [2.24, 2.45) is 0 Å². The van der Waals surface area contributed by atoms with Crippen molar-refractivity contribution in [2.45, 2.75) is 86.0 Å². The van der Waals surface area contributed by atoms with Crippen LogP contribution in [0.4, 0.5) is 34.1 Å². The number of aryl methyl sites for hydroxylation is 2. The zero-order valence-corrected chi connectivity index (χ0v) is 40.4. The van der Waals surface area contributed by atoms with Crippen molar-refractivity contribution >= 4 is 99.5 Å². The van der Waals surface area contributed by atoms with Crippen LogP contribution in [0.3, 0.4) is 0 Å². The van der Waals surface area contributed by atoms with Crippen LogP contribution in [0.15, 0.2) is 173 Å². The number of benzene rings is 9. The number of rotatable bonds is 7. The van der Waals surface area contributed by atoms with Gasteiger partial charge in [-0.25, -0.2) is 0 Å². The summed E-state index contributed by atoms with van der Waals surface area (Å²) in [6.45, 7) is 22.7. The number of hydrogen-bond donors (Lipinski definition) is 0. The van der Waals surface area contributed by atoms with E-state index in [-0.39, 0.29) is 16.7 Å². The lowest BCUT2D eigenvalue weighted by Gasteiger charge is -2.33. The molecule has 0 aliphatic carbocycles. The molecule has 0 aliphatic rings. The minimum atomic E-state index is -0.0485. The molecule has 4 heteroatoms. The lowest BCUT2D eigenvalue weighted by molar-refractivity contribution is 0.590. The maximum absolute atomic E-state index is 7.03. The molecule has 9 aromatic carbocycles. The molecule has 67 heavy (non-hydrogen) atoms. The van der Waals surface area contributed by atoms with Gasteiger partial charge in [-0.15, -0.1) is 0 Å². The summed E-state index contributed by atoms with van der Waals surface area (Å²) in [6, 6.07) is 59.9. The van der Waals surface area contributed by atoms with Gasteiger partial charge in [-0.3, -0.25) is 0 Å². The highest BCUT2D eigenvalue weighted by atomic mass is 16.3. The molecule has 11 rings (SSSR count). The molecule has 0 spiro atoms. The summed E-state index contributed by atoms with van der Waals surface area (Å²) >= 11 is 0. The normalized spacial score (nSPS) is 12.5. The van der Waals surface area contributed by atoms with E-state index in [4.69, 9.17) is 8.83 Å². The van der Waals surface area contributed by atoms with Crippen LogP contribution in [-0.4, -0.2) is 0 Å². The van der Waals surface area contributed by atoms with Crippen LogP contribution < -0.4 is 9.80 Å². The zero-order chi connectivity index (χ0) is 46.5. The molecule has 0 saturated heterocycles. The molecule has 0 N–H and O–H groups in total. The van der Waals surface area contributed by atoms with E-state index in [0.29, 0.717) is 0 Å². The number of nitrogens with zero attached hydrogens (tertiary/aromatic N) is 2. The van der Waals surface area contributed by atoms with E-state index in [0.717, 1.165) is 71.4 Å². The largest absolute Gasteiger partial charge is 0.456 e. The monoisotopic (exact) mass is 874 g/mol. The Labute approximate surface area is 394 Å². The highest BCUT2D eigenvalue weighted by Gasteiger charge is 2.27. The van der Waals surface area contributed by atoms with Gasteiger partial charge in [0.25, 0.3) is 0 Å². The quantitative estimate of drug-likeness (QED) is 0.160. The van der Waals surface area contributed by atoms with Gasteiger partial charge in [-0.2, -0.15) is 0 Å². The lowest BCUT2D eigenvalue weighted by Crippen LogP contribution is -2.19. The molecule has 2 aromatic heterocycles. The Kier molecular flexibility index (Phi) is 9.90. The predicted molar refractivity (Wildman–Crippen MR) is 286 cm³/mol. The van der Waals surface area contributed by atoms with Crippen LogP contribution in [0.1, 0.15) is 89.1 Å². The van der Waals surface area contributed by atoms with Gasteiger partial charge in [0.05, 0.1) is 0 Å². The van der Waals surface area contributed by atoms with Crippen molar-refractivity contribution in [2.75, 3.05) is 9.80 Å². The first kappa shape index (κ1) is 42.3. The number of hydrogen-bond acceptors (Lipinski definition) is 4. The molecular weight excluding hydrogens is 817 g/mol. The van der Waals surface area contributed by atoms with Crippen molar-refractivity contribution in [1.82, 2.24) is 0 Å². The molecule has 2 heterocycles. The highest BCUT2D eigenvalue weighted by molar-refractivity contribution is 6.20. The average Bonchev–Trinajstić information content (AvgIpc) is 3.83. The first-order chi connectivity index (χ1) is 32.1. The molecule has 0 saturated carbocycles. The fourth-order valence-corrected chi connectivity index (χ4v) is 10.5. The third kappa shape index (κ3) is 7.13. The second-order valence-corrected chi connectivity index (χ2v) is 20.9. The van der Waals surface area contributed by atoms with E-state index in [1.807, 2.05) is 0 Å². The minimum Gasteiger partial charge on any atom is -0.456 e. The van der Waals surface area contributed by atoms with Gasteiger partial charge >= 0.3 is 0 Å². The SMILES string of the molecule is Cc1ccccc1N(c1ccc2cc3c(cc2c1)oc1c(C(C)C)c2c(cc13)oc1cc3cc(N(c4ccccc4C)c4ccccc4C(C)(C)C)ccc3cc12)c1ccccc1C(C)(C)C. The van der Waals surface area contributed by atoms with Gasteiger partial charge in [0.2, 0.25) is 0 Å². The average molecular weight is 875 g/mol. The minimum absolute atomic E-state index is 0.0485. The molecule has 4 nitrogen and oxygen atoms in total. The molecule has 0 atom stereocenters. The van der Waals surface area contributed by atoms with Crippen LogP contribution in [0, 0.1) is 13.8 Å². The van der Waals surface area contributed by atoms with E-state index >= 15 is 0 Å². The van der Waals surface area contributed by atoms with E-state index in [9.17, 15) is 0 Å². The van der Waals surface area contributed by atoms with Crippen LogP contribution >= 0.6 is 0 Å². The Morgan fingerprint density at radius 1 is 0.403 bits per heavy atom. The summed E-state index contributed by atoms with van der Waals surface area (Å²) in [5.41, 5.74) is 16.6. The second kappa shape index (κ2) is 15.7. The summed E-state index contributed by atoms with van der Waals surface area (Å²) in [4.78, 5) is 4.84. The smallest absolute Gasteiger partial charge is 0.139 e. The van der Waals surface area contributed by atoms with Crippen LogP contribution in [0.5, 0.6) is 0 Å². The topological polar surface area (TPSA) is 32.8 Å². The van der Waals surface area contributed by atoms with Crippen LogP contribution in [-0.2, 0) is 10.8 Å². The highest BCUT2D eigenvalue weighted by Crippen LogP contribution is 2.48. The lowest BCUT2D eigenvalue weighted by atomic mass is 9.85. The van der Waals surface area contributed by atoms with E-state index in [1.54, 1.807) is 0 Å². The maximum atomic E-state index is 7.03. The van der Waals surface area contributed by atoms with Gasteiger partial charge < -0.3 is 18.6 Å². The molecule has 0 unspecified atom stereocenters. The molecule has 0 fully saturated rings. The third-order valence-corrected chi connectivity index (χ3v) is 13.8. The summed E-state index contributed by atoms with van der Waals surface area (Å²) in [5, 5.41) is 8.99. The van der Waals surface area contributed by atoms with Crippen molar-refractivity contribution < 1.29 is 8.83 Å².